The summed E-state index contributed by atoms with van der Waals surface area (Å²) in [6.07, 6.45) is 0.742. The molecule has 3 aromatic rings. The van der Waals surface area contributed by atoms with Crippen molar-refractivity contribution in [3.8, 4) is 22.6 Å². The first-order chi connectivity index (χ1) is 15.3. The average molecular weight is 472 g/mol. The Bertz CT molecular complexity index is 1140. The molecule has 0 aromatic heterocycles. The fourth-order valence-electron chi connectivity index (χ4n) is 3.22. The SMILES string of the molecule is COc1ccc(-c2ccc(OC(C)C)c(C=O)c2)cc1CNC(=O)c1ccc(Cl)cc1Cl. The molecule has 0 radical (unpaired) electrons. The molecule has 7 heteroatoms. The molecule has 0 unspecified atom stereocenters. The van der Waals surface area contributed by atoms with Gasteiger partial charge < -0.3 is 14.8 Å². The van der Waals surface area contributed by atoms with Crippen molar-refractivity contribution >= 4 is 35.4 Å². The first-order valence-electron chi connectivity index (χ1n) is 9.98. The lowest BCUT2D eigenvalue weighted by molar-refractivity contribution is 0.0950. The van der Waals surface area contributed by atoms with Gasteiger partial charge in [-0.3, -0.25) is 9.59 Å². The van der Waals surface area contributed by atoms with Gasteiger partial charge in [-0.15, -0.1) is 0 Å². The van der Waals surface area contributed by atoms with E-state index in [0.717, 1.165) is 23.0 Å². The molecule has 166 valence electrons. The minimum atomic E-state index is -0.322. The molecule has 1 amide bonds. The minimum absolute atomic E-state index is 0.0371. The van der Waals surface area contributed by atoms with Gasteiger partial charge >= 0.3 is 0 Å². The standard InChI is InChI=1S/C25H23Cl2NO4/c1-15(2)32-24-9-5-17(11-19(24)14-29)16-4-8-23(31-3)18(10-16)13-28-25(30)21-7-6-20(26)12-22(21)27/h4-12,14-15H,13H2,1-3H3,(H,28,30). The van der Waals surface area contributed by atoms with Crippen LogP contribution in [0.4, 0.5) is 0 Å². The monoisotopic (exact) mass is 471 g/mol. The number of methoxy groups -OCH3 is 1. The first kappa shape index (κ1) is 23.6. The van der Waals surface area contributed by atoms with Gasteiger partial charge in [0.1, 0.15) is 11.5 Å². The molecule has 0 aliphatic heterocycles. The summed E-state index contributed by atoms with van der Waals surface area (Å²) >= 11 is 12.0. The molecule has 0 bridgehead atoms. The Balaban J connectivity index is 1.85. The zero-order chi connectivity index (χ0) is 23.3. The Morgan fingerprint density at radius 2 is 1.69 bits per heavy atom. The highest BCUT2D eigenvalue weighted by molar-refractivity contribution is 6.36. The van der Waals surface area contributed by atoms with Gasteiger partial charge in [0.2, 0.25) is 0 Å². The number of nitrogens with one attached hydrogen (secondary N) is 1. The number of halogens is 2. The van der Waals surface area contributed by atoms with E-state index in [1.165, 1.54) is 6.07 Å². The lowest BCUT2D eigenvalue weighted by atomic mass is 10.00. The summed E-state index contributed by atoms with van der Waals surface area (Å²) in [4.78, 5) is 24.1. The van der Waals surface area contributed by atoms with Crippen molar-refractivity contribution < 1.29 is 19.1 Å². The zero-order valence-corrected chi connectivity index (χ0v) is 19.5. The number of amides is 1. The maximum atomic E-state index is 12.6. The number of benzene rings is 3. The summed E-state index contributed by atoms with van der Waals surface area (Å²) < 4.78 is 11.1. The summed E-state index contributed by atoms with van der Waals surface area (Å²) in [7, 11) is 1.57. The summed E-state index contributed by atoms with van der Waals surface area (Å²) in [5.41, 5.74) is 3.30. The summed E-state index contributed by atoms with van der Waals surface area (Å²) in [6, 6.07) is 15.8. The van der Waals surface area contributed by atoms with E-state index in [1.807, 2.05) is 38.1 Å². The number of carbonyl (C=O) groups excluding carboxylic acids is 2. The predicted molar refractivity (Wildman–Crippen MR) is 127 cm³/mol. The van der Waals surface area contributed by atoms with Gasteiger partial charge in [0.15, 0.2) is 6.29 Å². The van der Waals surface area contributed by atoms with Crippen LogP contribution in [-0.2, 0) is 6.54 Å². The van der Waals surface area contributed by atoms with Crippen LogP contribution in [0.25, 0.3) is 11.1 Å². The Hall–Kier alpha value is -3.02. The summed E-state index contributed by atoms with van der Waals surface area (Å²) in [5.74, 6) is 0.851. The summed E-state index contributed by atoms with van der Waals surface area (Å²) in [6.45, 7) is 4.04. The molecular formula is C25H23Cl2NO4. The maximum absolute atomic E-state index is 12.6. The number of ether oxygens (including phenoxy) is 2. The molecule has 0 aliphatic carbocycles. The molecule has 3 aromatic carbocycles. The van der Waals surface area contributed by atoms with Crippen molar-refractivity contribution in [3.05, 3.63) is 81.3 Å². The fraction of sp³-hybridized carbons (Fsp3) is 0.200. The Kier molecular flexibility index (Phi) is 7.78. The molecule has 32 heavy (non-hydrogen) atoms. The number of hydrogen-bond acceptors (Lipinski definition) is 4. The van der Waals surface area contributed by atoms with E-state index in [-0.39, 0.29) is 23.6 Å². The van der Waals surface area contributed by atoms with Gasteiger partial charge in [0, 0.05) is 17.1 Å². The molecule has 0 heterocycles. The van der Waals surface area contributed by atoms with Crippen molar-refractivity contribution in [2.24, 2.45) is 0 Å². The van der Waals surface area contributed by atoms with Crippen LogP contribution in [0.2, 0.25) is 10.0 Å². The largest absolute Gasteiger partial charge is 0.496 e. The van der Waals surface area contributed by atoms with Crippen LogP contribution in [0.3, 0.4) is 0 Å². The summed E-state index contributed by atoms with van der Waals surface area (Å²) in [5, 5.41) is 3.60. The van der Waals surface area contributed by atoms with Crippen molar-refractivity contribution in [1.29, 1.82) is 0 Å². The lowest BCUT2D eigenvalue weighted by Gasteiger charge is -2.15. The third-order valence-electron chi connectivity index (χ3n) is 4.73. The van der Waals surface area contributed by atoms with Crippen molar-refractivity contribution in [3.63, 3.8) is 0 Å². The first-order valence-corrected chi connectivity index (χ1v) is 10.7. The number of rotatable bonds is 8. The van der Waals surface area contributed by atoms with Gasteiger partial charge in [0.05, 0.1) is 29.4 Å². The highest BCUT2D eigenvalue weighted by atomic mass is 35.5. The van der Waals surface area contributed by atoms with Crippen LogP contribution in [0.1, 0.15) is 40.1 Å². The van der Waals surface area contributed by atoms with Crippen molar-refractivity contribution in [2.75, 3.05) is 7.11 Å². The fourth-order valence-corrected chi connectivity index (χ4v) is 3.72. The Morgan fingerprint density at radius 1 is 1.00 bits per heavy atom. The molecule has 0 fully saturated rings. The van der Waals surface area contributed by atoms with E-state index in [1.54, 1.807) is 31.4 Å². The third-order valence-corrected chi connectivity index (χ3v) is 5.28. The van der Waals surface area contributed by atoms with Crippen LogP contribution in [0, 0.1) is 0 Å². The van der Waals surface area contributed by atoms with Gasteiger partial charge in [-0.05, 0) is 67.4 Å². The lowest BCUT2D eigenvalue weighted by Crippen LogP contribution is -2.23. The number of hydrogen-bond donors (Lipinski definition) is 1. The Morgan fingerprint density at radius 3 is 2.31 bits per heavy atom. The molecule has 0 saturated heterocycles. The van der Waals surface area contributed by atoms with Gasteiger partial charge in [-0.1, -0.05) is 35.3 Å². The molecule has 0 atom stereocenters. The highest BCUT2D eigenvalue weighted by Crippen LogP contribution is 2.30. The highest BCUT2D eigenvalue weighted by Gasteiger charge is 2.14. The van der Waals surface area contributed by atoms with Crippen LogP contribution in [0.15, 0.2) is 54.6 Å². The third kappa shape index (κ3) is 5.61. The minimum Gasteiger partial charge on any atom is -0.496 e. The molecule has 0 saturated carbocycles. The quantitative estimate of drug-likeness (QED) is 0.397. The molecule has 0 spiro atoms. The van der Waals surface area contributed by atoms with E-state index in [4.69, 9.17) is 32.7 Å². The predicted octanol–water partition coefficient (Wildman–Crippen LogP) is 6.20. The average Bonchev–Trinajstić information content (AvgIpc) is 2.77. The Labute approximate surface area is 197 Å². The van der Waals surface area contributed by atoms with Gasteiger partial charge in [0.25, 0.3) is 5.91 Å². The van der Waals surface area contributed by atoms with E-state index in [0.29, 0.717) is 27.6 Å². The molecule has 5 nitrogen and oxygen atoms in total. The van der Waals surface area contributed by atoms with E-state index < -0.39 is 0 Å². The van der Waals surface area contributed by atoms with E-state index >= 15 is 0 Å². The van der Waals surface area contributed by atoms with Crippen molar-refractivity contribution in [1.82, 2.24) is 5.32 Å². The molecular weight excluding hydrogens is 449 g/mol. The van der Waals surface area contributed by atoms with Crippen LogP contribution in [-0.4, -0.2) is 25.4 Å². The van der Waals surface area contributed by atoms with E-state index in [9.17, 15) is 9.59 Å². The topological polar surface area (TPSA) is 64.6 Å². The maximum Gasteiger partial charge on any atom is 0.253 e. The molecule has 0 aliphatic rings. The normalized spacial score (nSPS) is 10.7. The second-order valence-corrected chi connectivity index (χ2v) is 8.21. The van der Waals surface area contributed by atoms with E-state index in [2.05, 4.69) is 5.32 Å². The molecule has 3 rings (SSSR count). The van der Waals surface area contributed by atoms with Gasteiger partial charge in [-0.25, -0.2) is 0 Å². The smallest absolute Gasteiger partial charge is 0.253 e. The van der Waals surface area contributed by atoms with Crippen LogP contribution in [0.5, 0.6) is 11.5 Å². The van der Waals surface area contributed by atoms with Crippen LogP contribution >= 0.6 is 23.2 Å². The van der Waals surface area contributed by atoms with Crippen molar-refractivity contribution in [2.45, 2.75) is 26.5 Å². The zero-order valence-electron chi connectivity index (χ0n) is 17.9. The second kappa shape index (κ2) is 10.5. The number of aldehydes is 1. The second-order valence-electron chi connectivity index (χ2n) is 7.37. The van der Waals surface area contributed by atoms with Crippen LogP contribution < -0.4 is 14.8 Å². The number of carbonyl (C=O) groups is 2. The molecule has 1 N–H and O–H groups in total. The van der Waals surface area contributed by atoms with Gasteiger partial charge in [-0.2, -0.15) is 0 Å².